The van der Waals surface area contributed by atoms with E-state index in [4.69, 9.17) is 5.26 Å². The summed E-state index contributed by atoms with van der Waals surface area (Å²) in [6.07, 6.45) is 1.21. The number of rotatable bonds is 3. The van der Waals surface area contributed by atoms with Crippen LogP contribution in [-0.4, -0.2) is 31.1 Å². The maximum Gasteiger partial charge on any atom is 0.0991 e. The number of likely N-dealkylation sites (N-methyl/N-ethyl adjacent to an activating group) is 1. The number of nitrogens with one attached hydrogen (secondary N) is 1. The molecule has 0 saturated carbocycles. The first kappa shape index (κ1) is 12.1. The topological polar surface area (TPSA) is 39.1 Å². The summed E-state index contributed by atoms with van der Waals surface area (Å²) in [5, 5.41) is 12.3. The molecule has 0 spiro atoms. The Morgan fingerprint density at radius 1 is 1.53 bits per heavy atom. The lowest BCUT2D eigenvalue weighted by atomic mass is 10.0. The van der Waals surface area contributed by atoms with E-state index >= 15 is 0 Å². The Bertz CT molecular complexity index is 416. The van der Waals surface area contributed by atoms with E-state index < -0.39 is 0 Å². The molecule has 2 rings (SSSR count). The summed E-state index contributed by atoms with van der Waals surface area (Å²) in [7, 11) is 2.17. The quantitative estimate of drug-likeness (QED) is 0.860. The molecule has 0 radical (unpaired) electrons. The van der Waals surface area contributed by atoms with Crippen molar-refractivity contribution < 1.29 is 0 Å². The first-order valence-corrected chi connectivity index (χ1v) is 6.15. The number of nitriles is 1. The smallest absolute Gasteiger partial charge is 0.0991 e. The number of hydrogen-bond donors (Lipinski definition) is 1. The Hall–Kier alpha value is -1.37. The van der Waals surface area contributed by atoms with Crippen LogP contribution in [0.25, 0.3) is 0 Å². The van der Waals surface area contributed by atoms with Gasteiger partial charge in [0.05, 0.1) is 11.6 Å². The van der Waals surface area contributed by atoms with Gasteiger partial charge in [0.1, 0.15) is 0 Å². The zero-order chi connectivity index (χ0) is 12.3. The minimum Gasteiger partial charge on any atom is -0.315 e. The fourth-order valence-electron chi connectivity index (χ4n) is 2.41. The van der Waals surface area contributed by atoms with E-state index in [1.165, 1.54) is 12.0 Å². The summed E-state index contributed by atoms with van der Waals surface area (Å²) in [5.41, 5.74) is 1.96. The predicted octanol–water partition coefficient (Wildman–Crippen LogP) is 1.91. The van der Waals surface area contributed by atoms with Gasteiger partial charge >= 0.3 is 0 Å². The van der Waals surface area contributed by atoms with Gasteiger partial charge in [0, 0.05) is 18.6 Å². The number of nitrogens with zero attached hydrogens (tertiary/aromatic N) is 2. The minimum atomic E-state index is 0.355. The summed E-state index contributed by atoms with van der Waals surface area (Å²) >= 11 is 0. The van der Waals surface area contributed by atoms with Gasteiger partial charge in [-0.3, -0.25) is 4.90 Å². The molecule has 90 valence electrons. The monoisotopic (exact) mass is 229 g/mol. The molecule has 1 aliphatic heterocycles. The maximum atomic E-state index is 8.92. The van der Waals surface area contributed by atoms with Gasteiger partial charge in [-0.1, -0.05) is 12.1 Å². The van der Waals surface area contributed by atoms with Crippen LogP contribution in [0.1, 0.15) is 30.5 Å². The van der Waals surface area contributed by atoms with Gasteiger partial charge in [-0.05, 0) is 44.6 Å². The average Bonchev–Trinajstić information content (AvgIpc) is 2.91. The lowest BCUT2D eigenvalue weighted by Crippen LogP contribution is -2.35. The third-order valence-electron chi connectivity index (χ3n) is 3.72. The third-order valence-corrected chi connectivity index (χ3v) is 3.72. The van der Waals surface area contributed by atoms with Crippen molar-refractivity contribution in [1.82, 2.24) is 10.2 Å². The summed E-state index contributed by atoms with van der Waals surface area (Å²) in [6.45, 7) is 4.38. The van der Waals surface area contributed by atoms with E-state index in [1.807, 2.05) is 18.2 Å². The predicted molar refractivity (Wildman–Crippen MR) is 68.6 cm³/mol. The van der Waals surface area contributed by atoms with Crippen LogP contribution in [0.15, 0.2) is 24.3 Å². The summed E-state index contributed by atoms with van der Waals surface area (Å²) in [6, 6.07) is 11.1. The number of benzene rings is 1. The summed E-state index contributed by atoms with van der Waals surface area (Å²) < 4.78 is 0. The van der Waals surface area contributed by atoms with Gasteiger partial charge in [0.25, 0.3) is 0 Å². The van der Waals surface area contributed by atoms with Crippen molar-refractivity contribution in [2.75, 3.05) is 20.1 Å². The van der Waals surface area contributed by atoms with Crippen molar-refractivity contribution in [2.45, 2.75) is 25.4 Å². The van der Waals surface area contributed by atoms with Gasteiger partial charge in [0.2, 0.25) is 0 Å². The molecule has 1 aromatic carbocycles. The highest BCUT2D eigenvalue weighted by atomic mass is 15.2. The third kappa shape index (κ3) is 2.66. The highest BCUT2D eigenvalue weighted by molar-refractivity contribution is 5.34. The molecule has 0 aromatic heterocycles. The van der Waals surface area contributed by atoms with Gasteiger partial charge < -0.3 is 5.32 Å². The van der Waals surface area contributed by atoms with Crippen LogP contribution in [0.3, 0.4) is 0 Å². The van der Waals surface area contributed by atoms with Crippen molar-refractivity contribution in [3.63, 3.8) is 0 Å². The summed E-state index contributed by atoms with van der Waals surface area (Å²) in [4.78, 5) is 2.40. The van der Waals surface area contributed by atoms with Gasteiger partial charge in [-0.2, -0.15) is 5.26 Å². The van der Waals surface area contributed by atoms with Crippen molar-refractivity contribution in [3.05, 3.63) is 35.4 Å². The summed E-state index contributed by atoms with van der Waals surface area (Å²) in [5.74, 6) is 0. The highest BCUT2D eigenvalue weighted by Crippen LogP contribution is 2.23. The van der Waals surface area contributed by atoms with E-state index in [1.54, 1.807) is 0 Å². The molecule has 1 aromatic rings. The second-order valence-corrected chi connectivity index (χ2v) is 4.73. The standard InChI is InChI=1S/C14H19N3/c1-11(17(2)14-6-7-16-10-14)13-5-3-4-12(8-13)9-15/h3-5,8,11,14,16H,6-7,10H2,1-2H3. The molecule has 1 saturated heterocycles. The van der Waals surface area contributed by atoms with Gasteiger partial charge in [-0.15, -0.1) is 0 Å². The number of hydrogen-bond acceptors (Lipinski definition) is 3. The Morgan fingerprint density at radius 3 is 3.00 bits per heavy atom. The minimum absolute atomic E-state index is 0.355. The lowest BCUT2D eigenvalue weighted by Gasteiger charge is -2.30. The van der Waals surface area contributed by atoms with Crippen LogP contribution in [0, 0.1) is 11.3 Å². The second kappa shape index (κ2) is 5.31. The van der Waals surface area contributed by atoms with Crippen LogP contribution in [0.4, 0.5) is 0 Å². The first-order chi connectivity index (χ1) is 8.22. The fraction of sp³-hybridized carbons (Fsp3) is 0.500. The molecule has 3 nitrogen and oxygen atoms in total. The molecule has 2 unspecified atom stereocenters. The van der Waals surface area contributed by atoms with Crippen LogP contribution >= 0.6 is 0 Å². The normalized spacial score (nSPS) is 21.4. The molecule has 1 fully saturated rings. The molecular formula is C14H19N3. The average molecular weight is 229 g/mol. The van der Waals surface area contributed by atoms with Crippen LogP contribution in [0.5, 0.6) is 0 Å². The van der Waals surface area contributed by atoms with Crippen LogP contribution in [-0.2, 0) is 0 Å². The van der Waals surface area contributed by atoms with E-state index in [9.17, 15) is 0 Å². The van der Waals surface area contributed by atoms with Crippen molar-refractivity contribution in [3.8, 4) is 6.07 Å². The lowest BCUT2D eigenvalue weighted by molar-refractivity contribution is 0.197. The largest absolute Gasteiger partial charge is 0.315 e. The Labute approximate surface area is 103 Å². The van der Waals surface area contributed by atoms with E-state index in [2.05, 4.69) is 36.3 Å². The zero-order valence-electron chi connectivity index (χ0n) is 10.5. The maximum absolute atomic E-state index is 8.92. The van der Waals surface area contributed by atoms with E-state index in [-0.39, 0.29) is 0 Å². The molecule has 1 aliphatic rings. The molecule has 2 atom stereocenters. The Balaban J connectivity index is 2.12. The van der Waals surface area contributed by atoms with Crippen LogP contribution in [0.2, 0.25) is 0 Å². The Morgan fingerprint density at radius 2 is 2.35 bits per heavy atom. The molecule has 1 N–H and O–H groups in total. The molecule has 17 heavy (non-hydrogen) atoms. The molecule has 0 amide bonds. The Kier molecular flexibility index (Phi) is 3.78. The van der Waals surface area contributed by atoms with Gasteiger partial charge in [-0.25, -0.2) is 0 Å². The first-order valence-electron chi connectivity index (χ1n) is 6.15. The van der Waals surface area contributed by atoms with E-state index in [0.29, 0.717) is 12.1 Å². The van der Waals surface area contributed by atoms with Crippen molar-refractivity contribution in [2.24, 2.45) is 0 Å². The SMILES string of the molecule is CC(c1cccc(C#N)c1)N(C)C1CCNC1. The molecular weight excluding hydrogens is 210 g/mol. The molecule has 0 aliphatic carbocycles. The molecule has 3 heteroatoms. The van der Waals surface area contributed by atoms with Crippen molar-refractivity contribution in [1.29, 1.82) is 5.26 Å². The van der Waals surface area contributed by atoms with Crippen LogP contribution < -0.4 is 5.32 Å². The van der Waals surface area contributed by atoms with Gasteiger partial charge in [0.15, 0.2) is 0 Å². The second-order valence-electron chi connectivity index (χ2n) is 4.73. The fourth-order valence-corrected chi connectivity index (χ4v) is 2.41. The molecule has 1 heterocycles. The zero-order valence-corrected chi connectivity index (χ0v) is 10.5. The van der Waals surface area contributed by atoms with Crippen molar-refractivity contribution >= 4 is 0 Å². The highest BCUT2D eigenvalue weighted by Gasteiger charge is 2.23. The molecule has 0 bridgehead atoms. The van der Waals surface area contributed by atoms with E-state index in [0.717, 1.165) is 18.7 Å².